The summed E-state index contributed by atoms with van der Waals surface area (Å²) in [6, 6.07) is 5.30. The first-order valence-electron chi connectivity index (χ1n) is 6.67. The third-order valence-electron chi connectivity index (χ3n) is 3.14. The molecule has 0 bridgehead atoms. The van der Waals surface area contributed by atoms with Crippen molar-refractivity contribution in [2.24, 2.45) is 0 Å². The Morgan fingerprint density at radius 2 is 1.91 bits per heavy atom. The molecule has 1 heterocycles. The van der Waals surface area contributed by atoms with E-state index in [1.54, 1.807) is 6.92 Å². The molecule has 1 fully saturated rings. The second kappa shape index (κ2) is 7.12. The Hall–Kier alpha value is -0.580. The van der Waals surface area contributed by atoms with Gasteiger partial charge in [0.05, 0.1) is 4.90 Å². The quantitative estimate of drug-likeness (QED) is 0.743. The van der Waals surface area contributed by atoms with Gasteiger partial charge in [0.1, 0.15) is 4.58 Å². The molecule has 1 aliphatic rings. The minimum absolute atomic E-state index is 0.109. The molecule has 3 unspecified atom stereocenters. The molecule has 0 amide bonds. The molecule has 1 aromatic carbocycles. The maximum absolute atomic E-state index is 13.3. The van der Waals surface area contributed by atoms with Crippen LogP contribution in [0, 0.1) is 6.92 Å². The Morgan fingerprint density at radius 1 is 1.30 bits per heavy atom. The summed E-state index contributed by atoms with van der Waals surface area (Å²) in [5, 5.41) is 0. The standard InChI is InChI=1S/C13H15F3O4S3/c1-9-3-5-10(6-4-9)23(18,19)20-11(13(14,15)16)12-21-7-2-8-22(12)17/h3-6,11-12H,2,7-8H2,1H3. The van der Waals surface area contributed by atoms with E-state index in [-0.39, 0.29) is 10.6 Å². The maximum atomic E-state index is 13.3. The lowest BCUT2D eigenvalue weighted by Crippen LogP contribution is -2.45. The Labute approximate surface area is 139 Å². The third-order valence-corrected chi connectivity index (χ3v) is 8.06. The average Bonchev–Trinajstić information content (AvgIpc) is 2.45. The minimum Gasteiger partial charge on any atom is -0.258 e. The number of hydrogen-bond donors (Lipinski definition) is 0. The number of rotatable bonds is 4. The van der Waals surface area contributed by atoms with Crippen LogP contribution in [-0.2, 0) is 25.1 Å². The van der Waals surface area contributed by atoms with Crippen molar-refractivity contribution in [3.8, 4) is 0 Å². The summed E-state index contributed by atoms with van der Waals surface area (Å²) in [6.45, 7) is 1.72. The molecule has 10 heteroatoms. The lowest BCUT2D eigenvalue weighted by atomic mass is 10.2. The van der Waals surface area contributed by atoms with Gasteiger partial charge in [0.15, 0.2) is 6.10 Å². The molecule has 1 saturated heterocycles. The van der Waals surface area contributed by atoms with E-state index in [2.05, 4.69) is 4.18 Å². The average molecular weight is 388 g/mol. The van der Waals surface area contributed by atoms with Gasteiger partial charge in [-0.2, -0.15) is 21.6 Å². The highest BCUT2D eigenvalue weighted by molar-refractivity contribution is 8.12. The van der Waals surface area contributed by atoms with Crippen LogP contribution in [0.25, 0.3) is 0 Å². The molecular formula is C13H15F3O4S3. The van der Waals surface area contributed by atoms with Gasteiger partial charge >= 0.3 is 6.18 Å². The van der Waals surface area contributed by atoms with E-state index in [1.807, 2.05) is 0 Å². The van der Waals surface area contributed by atoms with Gasteiger partial charge in [-0.05, 0) is 31.2 Å². The number of halogens is 3. The lowest BCUT2D eigenvalue weighted by Gasteiger charge is -2.29. The van der Waals surface area contributed by atoms with Crippen LogP contribution in [0.15, 0.2) is 29.2 Å². The summed E-state index contributed by atoms with van der Waals surface area (Å²) in [7, 11) is -6.40. The summed E-state index contributed by atoms with van der Waals surface area (Å²) in [4.78, 5) is -0.357. The molecule has 23 heavy (non-hydrogen) atoms. The molecule has 1 aliphatic heterocycles. The summed E-state index contributed by atoms with van der Waals surface area (Å²) in [5.74, 6) is 0.495. The molecule has 0 aromatic heterocycles. The Balaban J connectivity index is 2.30. The molecule has 0 N–H and O–H groups in total. The summed E-state index contributed by atoms with van der Waals surface area (Å²) in [6.07, 6.45) is -7.02. The van der Waals surface area contributed by atoms with Crippen LogP contribution >= 0.6 is 11.8 Å². The van der Waals surface area contributed by atoms with Crippen molar-refractivity contribution in [3.63, 3.8) is 0 Å². The lowest BCUT2D eigenvalue weighted by molar-refractivity contribution is -0.189. The van der Waals surface area contributed by atoms with Gasteiger partial charge in [0.25, 0.3) is 10.1 Å². The predicted molar refractivity (Wildman–Crippen MR) is 83.2 cm³/mol. The number of thioether (sulfide) groups is 1. The molecule has 0 saturated carbocycles. The third kappa shape index (κ3) is 4.71. The van der Waals surface area contributed by atoms with E-state index in [1.165, 1.54) is 24.3 Å². The van der Waals surface area contributed by atoms with E-state index < -0.39 is 37.8 Å². The zero-order valence-electron chi connectivity index (χ0n) is 12.1. The first kappa shape index (κ1) is 18.8. The van der Waals surface area contributed by atoms with Crippen molar-refractivity contribution >= 4 is 32.7 Å². The van der Waals surface area contributed by atoms with Crippen molar-refractivity contribution in [2.45, 2.75) is 35.1 Å². The van der Waals surface area contributed by atoms with Crippen LogP contribution in [0.5, 0.6) is 0 Å². The topological polar surface area (TPSA) is 60.4 Å². The van der Waals surface area contributed by atoms with Crippen molar-refractivity contribution in [1.29, 1.82) is 0 Å². The summed E-state index contributed by atoms with van der Waals surface area (Å²) < 4.78 is 78.9. The van der Waals surface area contributed by atoms with Crippen LogP contribution in [-0.4, -0.2) is 41.0 Å². The Bertz CT molecular complexity index is 671. The fraction of sp³-hybridized carbons (Fsp3) is 0.538. The van der Waals surface area contributed by atoms with Crippen molar-refractivity contribution in [3.05, 3.63) is 29.8 Å². The van der Waals surface area contributed by atoms with Crippen LogP contribution in [0.3, 0.4) is 0 Å². The highest BCUT2D eigenvalue weighted by Crippen LogP contribution is 2.37. The molecule has 3 atom stereocenters. The molecule has 0 radical (unpaired) electrons. The molecule has 0 aliphatic carbocycles. The summed E-state index contributed by atoms with van der Waals surface area (Å²) in [5.41, 5.74) is 0.764. The zero-order chi connectivity index (χ0) is 17.3. The van der Waals surface area contributed by atoms with Crippen molar-refractivity contribution in [2.75, 3.05) is 11.5 Å². The minimum atomic E-state index is -4.93. The van der Waals surface area contributed by atoms with Crippen LogP contribution < -0.4 is 0 Å². The first-order chi connectivity index (χ1) is 10.6. The van der Waals surface area contributed by atoms with E-state index in [0.29, 0.717) is 12.2 Å². The SMILES string of the molecule is Cc1ccc(S(=O)(=O)OC(C2SCCCS2=O)C(F)(F)F)cc1. The van der Waals surface area contributed by atoms with Crippen LogP contribution in [0.4, 0.5) is 13.2 Å². The number of aryl methyl sites for hydroxylation is 1. The van der Waals surface area contributed by atoms with Gasteiger partial charge in [0, 0.05) is 16.6 Å². The number of alkyl halides is 3. The van der Waals surface area contributed by atoms with Crippen molar-refractivity contribution in [1.82, 2.24) is 0 Å². The van der Waals surface area contributed by atoms with E-state index in [9.17, 15) is 25.8 Å². The normalized spacial score (nSPS) is 24.3. The van der Waals surface area contributed by atoms with Gasteiger partial charge in [-0.1, -0.05) is 17.7 Å². The van der Waals surface area contributed by atoms with Gasteiger partial charge in [0.2, 0.25) is 0 Å². The Kier molecular flexibility index (Phi) is 5.81. The molecule has 4 nitrogen and oxygen atoms in total. The second-order valence-corrected chi connectivity index (χ2v) is 9.80. The highest BCUT2D eigenvalue weighted by Gasteiger charge is 2.51. The van der Waals surface area contributed by atoms with E-state index in [4.69, 9.17) is 0 Å². The van der Waals surface area contributed by atoms with Crippen LogP contribution in [0.1, 0.15) is 12.0 Å². The molecule has 1 aromatic rings. The molecule has 2 rings (SSSR count). The van der Waals surface area contributed by atoms with E-state index in [0.717, 1.165) is 17.3 Å². The monoisotopic (exact) mass is 388 g/mol. The fourth-order valence-corrected chi connectivity index (χ4v) is 6.63. The summed E-state index contributed by atoms with van der Waals surface area (Å²) >= 11 is 0.835. The number of hydrogen-bond acceptors (Lipinski definition) is 5. The number of benzene rings is 1. The Morgan fingerprint density at radius 3 is 2.43 bits per heavy atom. The molecular weight excluding hydrogens is 373 g/mol. The largest absolute Gasteiger partial charge is 0.418 e. The maximum Gasteiger partial charge on any atom is 0.418 e. The predicted octanol–water partition coefficient (Wildman–Crippen LogP) is 2.84. The van der Waals surface area contributed by atoms with Gasteiger partial charge in [-0.3, -0.25) is 8.39 Å². The van der Waals surface area contributed by atoms with Gasteiger partial charge in [-0.15, -0.1) is 11.8 Å². The van der Waals surface area contributed by atoms with Crippen molar-refractivity contribution < 1.29 is 30.0 Å². The smallest absolute Gasteiger partial charge is 0.258 e. The second-order valence-electron chi connectivity index (χ2n) is 5.00. The molecule has 130 valence electrons. The van der Waals surface area contributed by atoms with E-state index >= 15 is 0 Å². The van der Waals surface area contributed by atoms with Gasteiger partial charge in [-0.25, -0.2) is 0 Å². The zero-order valence-corrected chi connectivity index (χ0v) is 14.5. The molecule has 0 spiro atoms. The first-order valence-corrected chi connectivity index (χ1v) is 10.5. The highest BCUT2D eigenvalue weighted by atomic mass is 32.2. The fourth-order valence-electron chi connectivity index (χ4n) is 1.97. The van der Waals surface area contributed by atoms with Crippen LogP contribution in [0.2, 0.25) is 0 Å². The van der Waals surface area contributed by atoms with Gasteiger partial charge < -0.3 is 0 Å².